The van der Waals surface area contributed by atoms with E-state index in [1.165, 1.54) is 0 Å². The average Bonchev–Trinajstić information content (AvgIpc) is 2.20. The summed E-state index contributed by atoms with van der Waals surface area (Å²) in [5.74, 6) is 5.93. The summed E-state index contributed by atoms with van der Waals surface area (Å²) in [6.07, 6.45) is 1.59. The molecule has 82 valence electrons. The van der Waals surface area contributed by atoms with Crippen LogP contribution in [0.4, 0.5) is 0 Å². The highest BCUT2D eigenvalue weighted by Crippen LogP contribution is 2.15. The maximum Gasteiger partial charge on any atom is 0.128 e. The van der Waals surface area contributed by atoms with Gasteiger partial charge in [-0.25, -0.2) is 0 Å². The van der Waals surface area contributed by atoms with Crippen molar-refractivity contribution in [2.24, 2.45) is 10.9 Å². The van der Waals surface area contributed by atoms with E-state index in [-0.39, 0.29) is 0 Å². The molecule has 1 aromatic rings. The maximum atomic E-state index is 5.61. The minimum absolute atomic E-state index is 0.655. The van der Waals surface area contributed by atoms with Gasteiger partial charge in [-0.3, -0.25) is 0 Å². The number of ether oxygens (including phenoxy) is 1. The summed E-state index contributed by atoms with van der Waals surface area (Å²) in [5.41, 5.74) is 0.902. The first-order chi connectivity index (χ1) is 7.24. The van der Waals surface area contributed by atoms with Gasteiger partial charge in [0.2, 0.25) is 0 Å². The molecule has 15 heavy (non-hydrogen) atoms. The second-order valence-electron chi connectivity index (χ2n) is 3.47. The van der Waals surface area contributed by atoms with E-state index in [2.05, 4.69) is 10.0 Å². The molecule has 0 amide bonds. The van der Waals surface area contributed by atoms with Gasteiger partial charge in [0.25, 0.3) is 0 Å². The van der Waals surface area contributed by atoms with Crippen LogP contribution in [-0.2, 0) is 0 Å². The lowest BCUT2D eigenvalue weighted by Crippen LogP contribution is -2.19. The third kappa shape index (κ3) is 3.99. The van der Waals surface area contributed by atoms with Crippen LogP contribution in [0.5, 0.6) is 5.75 Å². The van der Waals surface area contributed by atoms with E-state index in [1.807, 2.05) is 38.4 Å². The Balaban J connectivity index is 2.59. The summed E-state index contributed by atoms with van der Waals surface area (Å²) >= 11 is 0. The Kier molecular flexibility index (Phi) is 4.63. The van der Waals surface area contributed by atoms with Gasteiger partial charge in [-0.1, -0.05) is 12.1 Å². The van der Waals surface area contributed by atoms with Crippen molar-refractivity contribution in [3.8, 4) is 5.75 Å². The summed E-state index contributed by atoms with van der Waals surface area (Å²) in [6, 6.07) is 7.68. The molecule has 0 spiro atoms. The van der Waals surface area contributed by atoms with Gasteiger partial charge in [-0.15, -0.1) is 0 Å². The number of benzene rings is 1. The molecule has 0 radical (unpaired) electrons. The van der Waals surface area contributed by atoms with E-state index < -0.39 is 0 Å². The summed E-state index contributed by atoms with van der Waals surface area (Å²) in [6.45, 7) is 1.54. The number of nitrogens with zero attached hydrogens (tertiary/aromatic N) is 2. The molecule has 0 aliphatic carbocycles. The summed E-state index contributed by atoms with van der Waals surface area (Å²) in [5, 5.41) is 3.49. The van der Waals surface area contributed by atoms with Crippen LogP contribution in [-0.4, -0.2) is 38.4 Å². The van der Waals surface area contributed by atoms with Crippen molar-refractivity contribution >= 4 is 6.21 Å². The van der Waals surface area contributed by atoms with Crippen LogP contribution in [0.2, 0.25) is 0 Å². The number of hydrogen-bond acceptors (Lipinski definition) is 4. The molecule has 0 heterocycles. The fraction of sp³-hybridized carbons (Fsp3) is 0.364. The lowest BCUT2D eigenvalue weighted by Gasteiger charge is -2.12. The highest BCUT2D eigenvalue weighted by molar-refractivity contribution is 5.83. The molecule has 0 fully saturated rings. The first-order valence-corrected chi connectivity index (χ1v) is 4.84. The third-order valence-corrected chi connectivity index (χ3v) is 1.93. The minimum Gasteiger partial charge on any atom is -0.492 e. The summed E-state index contributed by atoms with van der Waals surface area (Å²) in [7, 11) is 4.02. The van der Waals surface area contributed by atoms with Crippen LogP contribution in [0.3, 0.4) is 0 Å². The Morgan fingerprint density at radius 3 is 2.80 bits per heavy atom. The number of likely N-dealkylation sites (N-methyl/N-ethyl adjacent to an activating group) is 1. The topological polar surface area (TPSA) is 50.8 Å². The van der Waals surface area contributed by atoms with Crippen LogP contribution in [0.1, 0.15) is 5.56 Å². The molecule has 0 saturated carbocycles. The zero-order valence-corrected chi connectivity index (χ0v) is 9.18. The van der Waals surface area contributed by atoms with Gasteiger partial charge >= 0.3 is 0 Å². The van der Waals surface area contributed by atoms with E-state index in [0.717, 1.165) is 17.9 Å². The molecule has 4 heteroatoms. The molecule has 0 saturated heterocycles. The van der Waals surface area contributed by atoms with E-state index in [1.54, 1.807) is 6.21 Å². The predicted molar refractivity (Wildman–Crippen MR) is 62.3 cm³/mol. The first kappa shape index (κ1) is 11.5. The number of hydrazone groups is 1. The fourth-order valence-corrected chi connectivity index (χ4v) is 1.14. The largest absolute Gasteiger partial charge is 0.492 e. The van der Waals surface area contributed by atoms with Crippen LogP contribution in [0.15, 0.2) is 29.4 Å². The van der Waals surface area contributed by atoms with Crippen molar-refractivity contribution in [1.82, 2.24) is 4.90 Å². The van der Waals surface area contributed by atoms with Crippen LogP contribution < -0.4 is 10.6 Å². The second-order valence-corrected chi connectivity index (χ2v) is 3.47. The molecule has 1 aromatic carbocycles. The molecule has 0 bridgehead atoms. The average molecular weight is 207 g/mol. The van der Waals surface area contributed by atoms with Gasteiger partial charge in [0.1, 0.15) is 12.4 Å². The molecular weight excluding hydrogens is 190 g/mol. The number of rotatable bonds is 5. The normalized spacial score (nSPS) is 11.1. The zero-order chi connectivity index (χ0) is 11.1. The SMILES string of the molecule is CN(C)CCOc1ccccc1C=NN. The molecule has 1 rings (SSSR count). The monoisotopic (exact) mass is 207 g/mol. The van der Waals surface area contributed by atoms with Gasteiger partial charge < -0.3 is 15.5 Å². The third-order valence-electron chi connectivity index (χ3n) is 1.93. The van der Waals surface area contributed by atoms with E-state index in [4.69, 9.17) is 10.6 Å². The number of para-hydroxylation sites is 1. The van der Waals surface area contributed by atoms with Crippen molar-refractivity contribution in [2.75, 3.05) is 27.2 Å². The number of nitrogens with two attached hydrogens (primary N) is 1. The molecule has 0 aromatic heterocycles. The van der Waals surface area contributed by atoms with Gasteiger partial charge in [0.15, 0.2) is 0 Å². The zero-order valence-electron chi connectivity index (χ0n) is 9.18. The minimum atomic E-state index is 0.655. The molecule has 4 nitrogen and oxygen atoms in total. The van der Waals surface area contributed by atoms with Crippen molar-refractivity contribution in [3.05, 3.63) is 29.8 Å². The molecule has 0 atom stereocenters. The van der Waals surface area contributed by atoms with Crippen molar-refractivity contribution in [1.29, 1.82) is 0 Å². The second kappa shape index (κ2) is 6.03. The van der Waals surface area contributed by atoms with E-state index in [9.17, 15) is 0 Å². The van der Waals surface area contributed by atoms with Crippen molar-refractivity contribution < 1.29 is 4.74 Å². The highest BCUT2D eigenvalue weighted by Gasteiger charge is 2.00. The maximum absolute atomic E-state index is 5.61. The van der Waals surface area contributed by atoms with Gasteiger partial charge in [0, 0.05) is 12.1 Å². The Bertz CT molecular complexity index is 323. The van der Waals surface area contributed by atoms with Gasteiger partial charge in [0.05, 0.1) is 6.21 Å². The van der Waals surface area contributed by atoms with Crippen LogP contribution in [0.25, 0.3) is 0 Å². The van der Waals surface area contributed by atoms with Crippen molar-refractivity contribution in [2.45, 2.75) is 0 Å². The Morgan fingerprint density at radius 2 is 2.13 bits per heavy atom. The lowest BCUT2D eigenvalue weighted by molar-refractivity contribution is 0.261. The predicted octanol–water partition coefficient (Wildman–Crippen LogP) is 0.920. The van der Waals surface area contributed by atoms with Crippen molar-refractivity contribution in [3.63, 3.8) is 0 Å². The Hall–Kier alpha value is -1.55. The lowest BCUT2D eigenvalue weighted by atomic mass is 10.2. The molecule has 2 N–H and O–H groups in total. The quantitative estimate of drug-likeness (QED) is 0.444. The molecule has 0 unspecified atom stereocenters. The Morgan fingerprint density at radius 1 is 1.40 bits per heavy atom. The smallest absolute Gasteiger partial charge is 0.128 e. The molecular formula is C11H17N3O. The van der Waals surface area contributed by atoms with Gasteiger partial charge in [-0.2, -0.15) is 5.10 Å². The van der Waals surface area contributed by atoms with E-state index >= 15 is 0 Å². The number of hydrogen-bond donors (Lipinski definition) is 1. The van der Waals surface area contributed by atoms with Crippen LogP contribution >= 0.6 is 0 Å². The highest BCUT2D eigenvalue weighted by atomic mass is 16.5. The first-order valence-electron chi connectivity index (χ1n) is 4.84. The van der Waals surface area contributed by atoms with E-state index in [0.29, 0.717) is 6.61 Å². The fourth-order valence-electron chi connectivity index (χ4n) is 1.14. The molecule has 0 aliphatic rings. The standard InChI is InChI=1S/C11H17N3O/c1-14(2)7-8-15-11-6-4-3-5-10(11)9-13-12/h3-6,9H,7-8,12H2,1-2H3. The summed E-state index contributed by atoms with van der Waals surface area (Å²) < 4.78 is 5.61. The molecule has 0 aliphatic heterocycles. The van der Waals surface area contributed by atoms with Crippen LogP contribution in [0, 0.1) is 0 Å². The summed E-state index contributed by atoms with van der Waals surface area (Å²) in [4.78, 5) is 2.07. The Labute approximate surface area is 90.3 Å². The van der Waals surface area contributed by atoms with Gasteiger partial charge in [-0.05, 0) is 26.2 Å².